The summed E-state index contributed by atoms with van der Waals surface area (Å²) in [4.78, 5) is 0.421. The fourth-order valence-corrected chi connectivity index (χ4v) is 1.53. The van der Waals surface area contributed by atoms with Crippen molar-refractivity contribution in [1.82, 2.24) is 0 Å². The van der Waals surface area contributed by atoms with Gasteiger partial charge in [0.2, 0.25) is 0 Å². The van der Waals surface area contributed by atoms with Crippen molar-refractivity contribution in [3.05, 3.63) is 35.4 Å². The van der Waals surface area contributed by atoms with E-state index in [1.165, 1.54) is 0 Å². The second-order valence-electron chi connectivity index (χ2n) is 4.58. The number of hydrogen-bond acceptors (Lipinski definition) is 3. The number of hydrogen-bond donors (Lipinski definition) is 1. The average Bonchev–Trinajstić information content (AvgIpc) is 2.34. The van der Waals surface area contributed by atoms with Crippen LogP contribution in [-0.2, 0) is 16.1 Å². The van der Waals surface area contributed by atoms with Crippen LogP contribution in [0.3, 0.4) is 0 Å². The van der Waals surface area contributed by atoms with Gasteiger partial charge in [-0.25, -0.2) is 0 Å². The van der Waals surface area contributed by atoms with Crippen LogP contribution < -0.4 is 5.73 Å². The second-order valence-corrected chi connectivity index (χ2v) is 5.02. The number of nitrogens with two attached hydrogens (primary N) is 1. The Kier molecular flexibility index (Phi) is 6.86. The molecule has 1 aromatic rings. The lowest BCUT2D eigenvalue weighted by molar-refractivity contribution is 0.0314. The lowest BCUT2D eigenvalue weighted by atomic mass is 10.1. The van der Waals surface area contributed by atoms with Crippen LogP contribution in [0.15, 0.2) is 24.3 Å². The molecule has 0 aromatic heterocycles. The van der Waals surface area contributed by atoms with E-state index in [1.807, 2.05) is 24.3 Å². The van der Waals surface area contributed by atoms with Gasteiger partial charge in [0.1, 0.15) is 4.99 Å². The quantitative estimate of drug-likeness (QED) is 0.580. The van der Waals surface area contributed by atoms with E-state index in [2.05, 4.69) is 13.8 Å². The van der Waals surface area contributed by atoms with Crippen molar-refractivity contribution in [2.75, 3.05) is 19.8 Å². The van der Waals surface area contributed by atoms with Gasteiger partial charge >= 0.3 is 0 Å². The minimum atomic E-state index is 0.421. The monoisotopic (exact) mass is 267 g/mol. The van der Waals surface area contributed by atoms with Gasteiger partial charge in [-0.1, -0.05) is 50.3 Å². The van der Waals surface area contributed by atoms with Crippen LogP contribution in [0.5, 0.6) is 0 Å². The summed E-state index contributed by atoms with van der Waals surface area (Å²) in [5.41, 5.74) is 7.52. The van der Waals surface area contributed by atoms with E-state index in [4.69, 9.17) is 27.4 Å². The van der Waals surface area contributed by atoms with Gasteiger partial charge in [0.15, 0.2) is 0 Å². The van der Waals surface area contributed by atoms with Crippen molar-refractivity contribution in [3.63, 3.8) is 0 Å². The van der Waals surface area contributed by atoms with Gasteiger partial charge in [-0.3, -0.25) is 0 Å². The Labute approximate surface area is 114 Å². The van der Waals surface area contributed by atoms with Gasteiger partial charge < -0.3 is 15.2 Å². The smallest absolute Gasteiger partial charge is 0.103 e. The number of thiocarbonyl (C=S) groups is 1. The summed E-state index contributed by atoms with van der Waals surface area (Å²) in [6, 6.07) is 7.78. The maximum absolute atomic E-state index is 5.53. The van der Waals surface area contributed by atoms with Crippen LogP contribution in [0.4, 0.5) is 0 Å². The molecule has 0 aliphatic carbocycles. The van der Waals surface area contributed by atoms with Crippen LogP contribution in [0.2, 0.25) is 0 Å². The number of ether oxygens (including phenoxy) is 2. The van der Waals surface area contributed by atoms with Crippen LogP contribution in [-0.4, -0.2) is 24.8 Å². The minimum absolute atomic E-state index is 0.421. The van der Waals surface area contributed by atoms with Gasteiger partial charge in [0.25, 0.3) is 0 Å². The lowest BCUT2D eigenvalue weighted by Gasteiger charge is -2.08. The molecule has 0 saturated heterocycles. The zero-order valence-electron chi connectivity index (χ0n) is 11.0. The first kappa shape index (κ1) is 15.1. The Morgan fingerprint density at radius 3 is 2.33 bits per heavy atom. The Morgan fingerprint density at radius 1 is 1.17 bits per heavy atom. The zero-order chi connectivity index (χ0) is 13.4. The summed E-state index contributed by atoms with van der Waals surface area (Å²) in [6.45, 7) is 6.89. The highest BCUT2D eigenvalue weighted by atomic mass is 32.1. The van der Waals surface area contributed by atoms with Crippen LogP contribution >= 0.6 is 12.2 Å². The van der Waals surface area contributed by atoms with E-state index >= 15 is 0 Å². The number of benzene rings is 1. The molecule has 0 saturated carbocycles. The Hall–Kier alpha value is -0.970. The average molecular weight is 267 g/mol. The molecule has 0 radical (unpaired) electrons. The van der Waals surface area contributed by atoms with Gasteiger partial charge in [-0.05, 0) is 11.5 Å². The molecule has 0 bridgehead atoms. The zero-order valence-corrected chi connectivity index (χ0v) is 11.8. The highest BCUT2D eigenvalue weighted by Crippen LogP contribution is 2.05. The van der Waals surface area contributed by atoms with Crippen molar-refractivity contribution < 1.29 is 9.47 Å². The molecule has 1 rings (SSSR count). The molecule has 0 fully saturated rings. The highest BCUT2D eigenvalue weighted by molar-refractivity contribution is 7.80. The molecule has 0 aliphatic heterocycles. The van der Waals surface area contributed by atoms with Crippen molar-refractivity contribution >= 4 is 17.2 Å². The molecule has 2 N–H and O–H groups in total. The third-order valence-corrected chi connectivity index (χ3v) is 2.57. The molecule has 100 valence electrons. The van der Waals surface area contributed by atoms with Gasteiger partial charge in [0.05, 0.1) is 19.8 Å². The van der Waals surface area contributed by atoms with Crippen LogP contribution in [0.1, 0.15) is 25.0 Å². The largest absolute Gasteiger partial charge is 0.389 e. The molecule has 1 aromatic carbocycles. The first-order valence-electron chi connectivity index (χ1n) is 6.14. The minimum Gasteiger partial charge on any atom is -0.389 e. The maximum Gasteiger partial charge on any atom is 0.103 e. The third-order valence-electron chi connectivity index (χ3n) is 2.33. The lowest BCUT2D eigenvalue weighted by Crippen LogP contribution is -2.10. The SMILES string of the molecule is CC(C)COCCOCc1ccc(C(N)=S)cc1. The maximum atomic E-state index is 5.53. The molecule has 0 unspecified atom stereocenters. The molecular weight excluding hydrogens is 246 g/mol. The Bertz CT molecular complexity index is 363. The molecule has 0 aliphatic rings. The molecule has 0 heterocycles. The summed E-state index contributed by atoms with van der Waals surface area (Å²) in [7, 11) is 0. The predicted molar refractivity (Wildman–Crippen MR) is 77.6 cm³/mol. The van der Waals surface area contributed by atoms with E-state index in [9.17, 15) is 0 Å². The molecule has 0 spiro atoms. The van der Waals surface area contributed by atoms with Gasteiger partial charge in [-0.2, -0.15) is 0 Å². The fourth-order valence-electron chi connectivity index (χ4n) is 1.39. The Morgan fingerprint density at radius 2 is 1.78 bits per heavy atom. The molecule has 0 amide bonds. The van der Waals surface area contributed by atoms with E-state index in [0.29, 0.717) is 30.7 Å². The first-order chi connectivity index (χ1) is 8.59. The van der Waals surface area contributed by atoms with Gasteiger partial charge in [0, 0.05) is 12.2 Å². The second kappa shape index (κ2) is 8.19. The van der Waals surface area contributed by atoms with Crippen molar-refractivity contribution in [2.24, 2.45) is 11.7 Å². The molecule has 4 heteroatoms. The highest BCUT2D eigenvalue weighted by Gasteiger charge is 1.98. The van der Waals surface area contributed by atoms with Gasteiger partial charge in [-0.15, -0.1) is 0 Å². The number of rotatable bonds is 8. The van der Waals surface area contributed by atoms with Crippen LogP contribution in [0.25, 0.3) is 0 Å². The molecular formula is C14H21NO2S. The molecule has 18 heavy (non-hydrogen) atoms. The summed E-state index contributed by atoms with van der Waals surface area (Å²) in [6.07, 6.45) is 0. The fraction of sp³-hybridized carbons (Fsp3) is 0.500. The van der Waals surface area contributed by atoms with E-state index in [0.717, 1.165) is 17.7 Å². The first-order valence-corrected chi connectivity index (χ1v) is 6.54. The van der Waals surface area contributed by atoms with E-state index in [1.54, 1.807) is 0 Å². The standard InChI is InChI=1S/C14H21NO2S/c1-11(2)9-16-7-8-17-10-12-3-5-13(6-4-12)14(15)18/h3-6,11H,7-10H2,1-2H3,(H2,15,18). The predicted octanol–water partition coefficient (Wildman–Crippen LogP) is 2.51. The normalized spacial score (nSPS) is 10.8. The molecule has 3 nitrogen and oxygen atoms in total. The van der Waals surface area contributed by atoms with E-state index in [-0.39, 0.29) is 0 Å². The third kappa shape index (κ3) is 6.10. The van der Waals surface area contributed by atoms with E-state index < -0.39 is 0 Å². The summed E-state index contributed by atoms with van der Waals surface area (Å²) in [5.74, 6) is 0.567. The molecule has 0 atom stereocenters. The topological polar surface area (TPSA) is 44.5 Å². The Balaban J connectivity index is 2.17. The van der Waals surface area contributed by atoms with Crippen LogP contribution in [0, 0.1) is 5.92 Å². The summed E-state index contributed by atoms with van der Waals surface area (Å²) in [5, 5.41) is 0. The van der Waals surface area contributed by atoms with Crippen molar-refractivity contribution in [2.45, 2.75) is 20.5 Å². The summed E-state index contributed by atoms with van der Waals surface area (Å²) >= 11 is 4.89. The van der Waals surface area contributed by atoms with Crippen molar-refractivity contribution in [3.8, 4) is 0 Å². The van der Waals surface area contributed by atoms with Crippen molar-refractivity contribution in [1.29, 1.82) is 0 Å². The summed E-state index contributed by atoms with van der Waals surface area (Å²) < 4.78 is 10.9.